The Morgan fingerprint density at radius 1 is 1.14 bits per heavy atom. The van der Waals surface area contributed by atoms with Crippen LogP contribution >= 0.6 is 0 Å². The van der Waals surface area contributed by atoms with Crippen molar-refractivity contribution in [2.24, 2.45) is 0 Å². The van der Waals surface area contributed by atoms with Crippen molar-refractivity contribution in [1.82, 2.24) is 4.81 Å². The monoisotopic (exact) mass is 91.1 g/mol. The van der Waals surface area contributed by atoms with E-state index in [0.29, 0.717) is 0 Å². The minimum absolute atomic E-state index is 0. The Balaban J connectivity index is 0.000000360. The molecule has 1 saturated heterocycles. The van der Waals surface area contributed by atoms with E-state index in [1.807, 2.05) is 0 Å². The van der Waals surface area contributed by atoms with E-state index < -0.39 is 0 Å². The zero-order valence-electron chi connectivity index (χ0n) is 4.28. The molecule has 3 heteroatoms. The van der Waals surface area contributed by atoms with Crippen LogP contribution in [0.4, 0.5) is 0 Å². The first-order valence-corrected chi connectivity index (χ1v) is 2.58. The molecule has 0 aromatic carbocycles. The van der Waals surface area contributed by atoms with Gasteiger partial charge in [-0.1, -0.05) is 0 Å². The Morgan fingerprint density at radius 3 is 1.71 bits per heavy atom. The molecule has 36 valence electrons. The van der Waals surface area contributed by atoms with Crippen molar-refractivity contribution in [3.8, 4) is 0 Å². The summed E-state index contributed by atoms with van der Waals surface area (Å²) in [5.74, 6) is 0. The van der Waals surface area contributed by atoms with Crippen LogP contribution in [0.25, 0.3) is 0 Å². The van der Waals surface area contributed by atoms with Gasteiger partial charge in [0.1, 0.15) is 0 Å². The van der Waals surface area contributed by atoms with Crippen molar-refractivity contribution in [3.63, 3.8) is 0 Å². The van der Waals surface area contributed by atoms with Gasteiger partial charge in [-0.15, -0.1) is 0 Å². The van der Waals surface area contributed by atoms with E-state index in [9.17, 15) is 0 Å². The third-order valence-corrected chi connectivity index (χ3v) is 1.33. The fraction of sp³-hybridized carbons (Fsp3) is 1.00. The first-order valence-electron chi connectivity index (χ1n) is 2.58. The van der Waals surface area contributed by atoms with Crippen molar-refractivity contribution >= 4 is 26.8 Å². The van der Waals surface area contributed by atoms with Gasteiger partial charge in [0, 0.05) is 0 Å². The molecule has 0 aromatic heterocycles. The average molecular weight is 90.9 g/mol. The molecular formula is C4H11BLiN. The van der Waals surface area contributed by atoms with Crippen LogP contribution in [0.1, 0.15) is 12.8 Å². The average Bonchev–Trinajstić information content (AvgIpc) is 1.86. The molecule has 0 aliphatic carbocycles. The van der Waals surface area contributed by atoms with Crippen LogP contribution in [0.15, 0.2) is 0 Å². The van der Waals surface area contributed by atoms with Crippen LogP contribution < -0.4 is 0 Å². The van der Waals surface area contributed by atoms with Crippen LogP contribution in [0.3, 0.4) is 0 Å². The number of rotatable bonds is 0. The third-order valence-electron chi connectivity index (χ3n) is 1.33. The molecule has 0 radical (unpaired) electrons. The van der Waals surface area contributed by atoms with Crippen LogP contribution in [0.2, 0.25) is 0 Å². The summed E-state index contributed by atoms with van der Waals surface area (Å²) in [6.45, 7) is 2.64. The Hall–Kier alpha value is 0.622. The second-order valence-corrected chi connectivity index (χ2v) is 2.01. The van der Waals surface area contributed by atoms with E-state index in [-0.39, 0.29) is 18.9 Å². The summed E-state index contributed by atoms with van der Waals surface area (Å²) in [6, 6.07) is 0. The van der Waals surface area contributed by atoms with Crippen LogP contribution in [0, 0.1) is 0 Å². The summed E-state index contributed by atoms with van der Waals surface area (Å²) in [4.78, 5) is 2.36. The Morgan fingerprint density at radius 2 is 1.57 bits per heavy atom. The summed E-state index contributed by atoms with van der Waals surface area (Å²) in [5.41, 5.74) is 0. The zero-order valence-corrected chi connectivity index (χ0v) is 4.28. The van der Waals surface area contributed by atoms with Crippen molar-refractivity contribution in [2.75, 3.05) is 13.1 Å². The number of nitrogens with zero attached hydrogens (tertiary/aromatic N) is 1. The maximum absolute atomic E-state index is 2.36. The van der Waals surface area contributed by atoms with Crippen molar-refractivity contribution in [3.05, 3.63) is 0 Å². The molecule has 1 aliphatic rings. The van der Waals surface area contributed by atoms with Gasteiger partial charge in [-0.3, -0.25) is 0 Å². The fourth-order valence-electron chi connectivity index (χ4n) is 0.875. The second kappa shape index (κ2) is 3.60. The minimum atomic E-state index is 0. The molecule has 0 aromatic rings. The first kappa shape index (κ1) is 7.62. The van der Waals surface area contributed by atoms with E-state index in [1.54, 1.807) is 0 Å². The van der Waals surface area contributed by atoms with Gasteiger partial charge in [0.25, 0.3) is 0 Å². The normalized spacial score (nSPS) is 21.7. The molecule has 1 fully saturated rings. The van der Waals surface area contributed by atoms with E-state index in [1.165, 1.54) is 25.9 Å². The molecule has 0 atom stereocenters. The molecule has 1 rings (SSSR count). The van der Waals surface area contributed by atoms with Crippen LogP contribution in [-0.4, -0.2) is 44.7 Å². The fourth-order valence-corrected chi connectivity index (χ4v) is 0.875. The van der Waals surface area contributed by atoms with Gasteiger partial charge in [0.2, 0.25) is 0 Å². The topological polar surface area (TPSA) is 3.24 Å². The van der Waals surface area contributed by atoms with Crippen LogP contribution in [-0.2, 0) is 0 Å². The predicted molar refractivity (Wildman–Crippen MR) is 36.5 cm³/mol. The predicted octanol–water partition coefficient (Wildman–Crippen LogP) is -1.02. The molecule has 7 heavy (non-hydrogen) atoms. The molecule has 1 nitrogen and oxygen atoms in total. The third kappa shape index (κ3) is 2.44. The van der Waals surface area contributed by atoms with Gasteiger partial charge in [-0.25, -0.2) is 0 Å². The molecular weight excluding hydrogens is 79.8 g/mol. The van der Waals surface area contributed by atoms with Gasteiger partial charge < -0.3 is 4.81 Å². The molecule has 0 N–H and O–H groups in total. The van der Waals surface area contributed by atoms with E-state index in [0.717, 1.165) is 0 Å². The standard InChI is InChI=1S/C4H10BN.Li.H/c5-6-3-1-2-4-6;;/h1-5H2;;. The van der Waals surface area contributed by atoms with Gasteiger partial charge in [0.05, 0.1) is 0 Å². The first-order chi connectivity index (χ1) is 2.89. The molecule has 0 saturated carbocycles. The van der Waals surface area contributed by atoms with Gasteiger partial charge in [-0.2, -0.15) is 0 Å². The summed E-state index contributed by atoms with van der Waals surface area (Å²) < 4.78 is 0. The molecule has 0 amide bonds. The van der Waals surface area contributed by atoms with E-state index in [2.05, 4.69) is 12.8 Å². The molecule has 1 aliphatic heterocycles. The van der Waals surface area contributed by atoms with Crippen molar-refractivity contribution in [2.45, 2.75) is 12.8 Å². The maximum atomic E-state index is 2.36. The Labute approximate surface area is 58.1 Å². The van der Waals surface area contributed by atoms with Gasteiger partial charge >= 0.3 is 18.9 Å². The van der Waals surface area contributed by atoms with E-state index >= 15 is 0 Å². The summed E-state index contributed by atoms with van der Waals surface area (Å²) in [7, 11) is 2.17. The zero-order chi connectivity index (χ0) is 4.41. The van der Waals surface area contributed by atoms with Gasteiger partial charge in [0.15, 0.2) is 7.98 Å². The molecule has 1 heterocycles. The Kier molecular flexibility index (Phi) is 3.92. The summed E-state index contributed by atoms with van der Waals surface area (Å²) in [6.07, 6.45) is 2.83. The van der Waals surface area contributed by atoms with Gasteiger partial charge in [-0.05, 0) is 25.9 Å². The quantitative estimate of drug-likeness (QED) is 0.345. The van der Waals surface area contributed by atoms with Crippen molar-refractivity contribution in [1.29, 1.82) is 0 Å². The van der Waals surface area contributed by atoms with Crippen LogP contribution in [0.5, 0.6) is 0 Å². The SMILES string of the molecule is BN1CCCC1.[LiH]. The number of hydrogen-bond donors (Lipinski definition) is 0. The van der Waals surface area contributed by atoms with E-state index in [4.69, 9.17) is 0 Å². The Bertz CT molecular complexity index is 45.0. The summed E-state index contributed by atoms with van der Waals surface area (Å²) in [5, 5.41) is 0. The van der Waals surface area contributed by atoms with Crippen molar-refractivity contribution < 1.29 is 0 Å². The molecule has 0 bridgehead atoms. The summed E-state index contributed by atoms with van der Waals surface area (Å²) >= 11 is 0. The molecule has 0 spiro atoms. The second-order valence-electron chi connectivity index (χ2n) is 2.01. The number of hydrogen-bond acceptors (Lipinski definition) is 1. The molecule has 0 unspecified atom stereocenters.